The molecule has 0 aliphatic carbocycles. The lowest BCUT2D eigenvalue weighted by Crippen LogP contribution is -2.40. The summed E-state index contributed by atoms with van der Waals surface area (Å²) >= 11 is 0. The van der Waals surface area contributed by atoms with E-state index in [-0.39, 0.29) is 18.8 Å². The molecule has 43 heavy (non-hydrogen) atoms. The lowest BCUT2D eigenvalue weighted by atomic mass is 9.89. The third kappa shape index (κ3) is 7.50. The van der Waals surface area contributed by atoms with Crippen molar-refractivity contribution in [2.45, 2.75) is 45.1 Å². The zero-order chi connectivity index (χ0) is 31.3. The minimum atomic E-state index is -4.64. The van der Waals surface area contributed by atoms with Crippen LogP contribution >= 0.6 is 0 Å². The number of dihydropyridines is 1. The Hall–Kier alpha value is -4.44. The topological polar surface area (TPSA) is 98.4 Å². The fourth-order valence-corrected chi connectivity index (χ4v) is 4.98. The van der Waals surface area contributed by atoms with Crippen LogP contribution in [0.1, 0.15) is 37.3 Å². The number of ketones is 1. The van der Waals surface area contributed by atoms with Crippen molar-refractivity contribution in [3.63, 3.8) is 0 Å². The highest BCUT2D eigenvalue weighted by molar-refractivity contribution is 5.95. The smallest absolute Gasteiger partial charge is 0.385 e. The molecule has 3 aromatic rings. The number of hydrogen-bond donors (Lipinski definition) is 3. The Morgan fingerprint density at radius 2 is 1.79 bits per heavy atom. The van der Waals surface area contributed by atoms with Gasteiger partial charge in [-0.05, 0) is 46.9 Å². The maximum absolute atomic E-state index is 13.5. The fourth-order valence-electron chi connectivity index (χ4n) is 4.98. The maximum Gasteiger partial charge on any atom is 0.417 e. The summed E-state index contributed by atoms with van der Waals surface area (Å²) in [5.74, 6) is -1.85. The van der Waals surface area contributed by atoms with Gasteiger partial charge in [0.15, 0.2) is 0 Å². The molecule has 226 valence electrons. The Kier molecular flexibility index (Phi) is 9.70. The van der Waals surface area contributed by atoms with Gasteiger partial charge in [0.2, 0.25) is 0 Å². The molecule has 2 unspecified atom stereocenters. The van der Waals surface area contributed by atoms with Gasteiger partial charge in [0, 0.05) is 42.5 Å². The van der Waals surface area contributed by atoms with Gasteiger partial charge in [-0.2, -0.15) is 13.2 Å². The van der Waals surface area contributed by atoms with Crippen LogP contribution in [0.5, 0.6) is 0 Å². The normalized spacial score (nSPS) is 17.2. The van der Waals surface area contributed by atoms with Gasteiger partial charge in [-0.25, -0.2) is 4.39 Å². The number of nitrogens with two attached hydrogens (primary N) is 2. The largest absolute Gasteiger partial charge is 0.417 e. The molecule has 1 aromatic heterocycles. The number of aromatic nitrogens is 1. The first-order valence-corrected chi connectivity index (χ1v) is 13.9. The molecule has 0 saturated heterocycles. The summed E-state index contributed by atoms with van der Waals surface area (Å²) in [7, 11) is 1.95. The Labute approximate surface area is 247 Å². The molecule has 0 fully saturated rings. The highest BCUT2D eigenvalue weighted by Crippen LogP contribution is 2.31. The molecule has 2 aromatic carbocycles. The van der Waals surface area contributed by atoms with Crippen molar-refractivity contribution in [3.8, 4) is 11.3 Å². The molecule has 0 radical (unpaired) electrons. The number of nitrogens with zero attached hydrogens (tertiary/aromatic N) is 2. The van der Waals surface area contributed by atoms with Crippen LogP contribution in [0.3, 0.4) is 0 Å². The number of nitrogens with one attached hydrogen (secondary N) is 1. The van der Waals surface area contributed by atoms with Crippen molar-refractivity contribution >= 4 is 29.5 Å². The molecular weight excluding hydrogens is 558 g/mol. The van der Waals surface area contributed by atoms with Crippen LogP contribution in [-0.4, -0.2) is 28.9 Å². The number of halogens is 4. The molecule has 1 aliphatic rings. The van der Waals surface area contributed by atoms with Gasteiger partial charge in [-0.1, -0.05) is 68.5 Å². The molecule has 2 atom stereocenters. The van der Waals surface area contributed by atoms with Crippen molar-refractivity contribution in [1.82, 2.24) is 9.88 Å². The van der Waals surface area contributed by atoms with Gasteiger partial charge in [0.1, 0.15) is 23.6 Å². The van der Waals surface area contributed by atoms with Crippen LogP contribution < -0.4 is 27.4 Å². The predicted octanol–water partition coefficient (Wildman–Crippen LogP) is 4.67. The van der Waals surface area contributed by atoms with Crippen LogP contribution in [0.4, 0.5) is 17.6 Å². The summed E-state index contributed by atoms with van der Waals surface area (Å²) in [4.78, 5) is 17.3. The van der Waals surface area contributed by atoms with E-state index in [9.17, 15) is 22.4 Å². The Bertz CT molecular complexity index is 1660. The summed E-state index contributed by atoms with van der Waals surface area (Å²) in [6.07, 6.45) is -0.125. The third-order valence-electron chi connectivity index (χ3n) is 7.39. The summed E-state index contributed by atoms with van der Waals surface area (Å²) in [5.41, 5.74) is 14.5. The number of benzene rings is 2. The number of alkyl halides is 3. The maximum atomic E-state index is 13.5. The summed E-state index contributed by atoms with van der Waals surface area (Å²) in [6.45, 7) is 6.24. The Balaban J connectivity index is 1.51. The number of Topliss-reactive ketones (excluding diaryl/α,β-unsaturated/α-hetero) is 1. The van der Waals surface area contributed by atoms with Crippen molar-refractivity contribution < 1.29 is 22.4 Å². The third-order valence-corrected chi connectivity index (χ3v) is 7.39. The van der Waals surface area contributed by atoms with Gasteiger partial charge in [0.05, 0.1) is 11.5 Å². The molecule has 2 heterocycles. The fraction of sp³-hybridized carbons (Fsp3) is 0.273. The second-order valence-corrected chi connectivity index (χ2v) is 10.5. The number of carbonyl (C=O) groups is 1. The van der Waals surface area contributed by atoms with Crippen molar-refractivity contribution in [2.24, 2.45) is 29.4 Å². The van der Waals surface area contributed by atoms with Crippen molar-refractivity contribution in [2.75, 3.05) is 0 Å². The van der Waals surface area contributed by atoms with Gasteiger partial charge in [-0.15, -0.1) is 0 Å². The van der Waals surface area contributed by atoms with Gasteiger partial charge < -0.3 is 16.0 Å². The van der Waals surface area contributed by atoms with Gasteiger partial charge in [-0.3, -0.25) is 15.1 Å². The average molecular weight is 594 g/mol. The first-order chi connectivity index (χ1) is 20.4. The monoisotopic (exact) mass is 593 g/mol. The molecule has 0 bridgehead atoms. The van der Waals surface area contributed by atoms with Crippen LogP contribution in [0.2, 0.25) is 0 Å². The molecule has 0 saturated carbocycles. The van der Waals surface area contributed by atoms with E-state index in [1.807, 2.05) is 41.9 Å². The van der Waals surface area contributed by atoms with Gasteiger partial charge in [0.25, 0.3) is 0 Å². The summed E-state index contributed by atoms with van der Waals surface area (Å²) in [5, 5.41) is 4.85. The second kappa shape index (κ2) is 13.2. The molecule has 0 amide bonds. The minimum Gasteiger partial charge on any atom is -0.385 e. The SMILES string of the molecule is C=C(CC(=O)C1C=C(C(F)(F)F)C=NC1NCc1ccc(-c2cc(=C(N)N)/c(=C\CCC)n2C)cc1)c1ccc(F)cc1. The Morgan fingerprint density at radius 3 is 2.40 bits per heavy atom. The summed E-state index contributed by atoms with van der Waals surface area (Å²) < 4.78 is 55.8. The van der Waals surface area contributed by atoms with Crippen molar-refractivity contribution in [3.05, 3.63) is 100 Å². The minimum absolute atomic E-state index is 0.207. The first-order valence-electron chi connectivity index (χ1n) is 13.9. The molecule has 4 rings (SSSR count). The van der Waals surface area contributed by atoms with Crippen LogP contribution in [0.25, 0.3) is 28.7 Å². The van der Waals surface area contributed by atoms with Gasteiger partial charge >= 0.3 is 6.18 Å². The lowest BCUT2D eigenvalue weighted by Gasteiger charge is -2.26. The predicted molar refractivity (Wildman–Crippen MR) is 163 cm³/mol. The van der Waals surface area contributed by atoms with E-state index >= 15 is 0 Å². The van der Waals surface area contributed by atoms with E-state index in [0.717, 1.165) is 52.5 Å². The van der Waals surface area contributed by atoms with Crippen LogP contribution in [-0.2, 0) is 18.4 Å². The quantitative estimate of drug-likeness (QED) is 0.298. The number of carbonyl (C=O) groups excluding carboxylic acids is 1. The molecule has 1 aliphatic heterocycles. The zero-order valence-corrected chi connectivity index (χ0v) is 24.1. The molecule has 10 heteroatoms. The van der Waals surface area contributed by atoms with E-state index in [4.69, 9.17) is 11.5 Å². The van der Waals surface area contributed by atoms with E-state index in [2.05, 4.69) is 29.9 Å². The molecule has 0 spiro atoms. The highest BCUT2D eigenvalue weighted by Gasteiger charge is 2.38. The standard InChI is InChI=1S/C33H35F4N5O/c1-4-5-6-28-26(31(38)39)17-29(42(28)3)23-9-7-21(8-10-23)18-40-32-27(16-24(19-41-32)33(35,36)37)30(43)15-20(2)22-11-13-25(34)14-12-22/h6-14,16-17,19,27,32,40H,2,4-5,15,18,38-39H2,1,3H3/b28-6+. The van der Waals surface area contributed by atoms with Crippen molar-refractivity contribution in [1.29, 1.82) is 0 Å². The number of allylic oxidation sites excluding steroid dienone is 2. The summed E-state index contributed by atoms with van der Waals surface area (Å²) in [6, 6.07) is 15.0. The molecular formula is C33H35F4N5O. The lowest BCUT2D eigenvalue weighted by molar-refractivity contribution is -0.121. The zero-order valence-electron chi connectivity index (χ0n) is 24.1. The molecule has 5 N–H and O–H groups in total. The van der Waals surface area contributed by atoms with E-state index in [0.29, 0.717) is 11.1 Å². The average Bonchev–Trinajstić information content (AvgIpc) is 3.31. The number of hydrogen-bond acceptors (Lipinski definition) is 5. The number of unbranched alkanes of at least 4 members (excludes halogenated alkanes) is 1. The molecule has 6 nitrogen and oxygen atoms in total. The van der Waals surface area contributed by atoms with Crippen LogP contribution in [0, 0.1) is 11.7 Å². The Morgan fingerprint density at radius 1 is 1.12 bits per heavy atom. The number of aliphatic imine (C=N–C) groups is 1. The van der Waals surface area contributed by atoms with E-state index < -0.39 is 35.4 Å². The van der Waals surface area contributed by atoms with Crippen LogP contribution in [0.15, 0.2) is 77.8 Å². The second-order valence-electron chi connectivity index (χ2n) is 10.5. The highest BCUT2D eigenvalue weighted by atomic mass is 19.4. The first kappa shape index (κ1) is 31.5. The van der Waals surface area contributed by atoms with E-state index in [1.165, 1.54) is 24.3 Å². The number of rotatable bonds is 10. The van der Waals surface area contributed by atoms with E-state index in [1.54, 1.807) is 0 Å².